The van der Waals surface area contributed by atoms with E-state index in [0.717, 1.165) is 32.5 Å². The van der Waals surface area contributed by atoms with Gasteiger partial charge >= 0.3 is 0 Å². The van der Waals surface area contributed by atoms with Crippen LogP contribution >= 0.6 is 0 Å². The molecule has 0 amide bonds. The van der Waals surface area contributed by atoms with E-state index < -0.39 is 0 Å². The fraction of sp³-hybridized carbons (Fsp3) is 0.316. The number of unbranched alkanes of at least 4 members (excludes halogenated alkanes) is 2. The molecule has 21 heavy (non-hydrogen) atoms. The average Bonchev–Trinajstić information content (AvgIpc) is 2.68. The standard InChI is InChI=1S/C19H20N2/c20-12-6-1-7-13-21-14-16-8-2-4-10-18(16)19-11-5-3-9-17(19)15-21/h2-5,8-11H,1,6-7,13-15H2. The Kier molecular flexibility index (Phi) is 4.33. The van der Waals surface area contributed by atoms with Crippen molar-refractivity contribution in [1.29, 1.82) is 5.26 Å². The van der Waals surface area contributed by atoms with Crippen molar-refractivity contribution in [2.75, 3.05) is 6.54 Å². The predicted molar refractivity (Wildman–Crippen MR) is 85.5 cm³/mol. The van der Waals surface area contributed by atoms with Crippen LogP contribution in [0.25, 0.3) is 11.1 Å². The van der Waals surface area contributed by atoms with Crippen LogP contribution in [-0.4, -0.2) is 11.4 Å². The minimum absolute atomic E-state index is 0.668. The first-order valence-corrected chi connectivity index (χ1v) is 7.64. The van der Waals surface area contributed by atoms with Crippen LogP contribution in [0.15, 0.2) is 48.5 Å². The summed E-state index contributed by atoms with van der Waals surface area (Å²) in [7, 11) is 0. The third-order valence-electron chi connectivity index (χ3n) is 4.13. The first kappa shape index (κ1) is 13.9. The van der Waals surface area contributed by atoms with Crippen molar-refractivity contribution in [2.45, 2.75) is 32.4 Å². The molecule has 0 radical (unpaired) electrons. The number of hydrogen-bond acceptors (Lipinski definition) is 2. The number of fused-ring (bicyclic) bond motifs is 3. The van der Waals surface area contributed by atoms with E-state index in [1.54, 1.807) is 0 Å². The van der Waals surface area contributed by atoms with Crippen LogP contribution in [0, 0.1) is 11.3 Å². The first-order valence-electron chi connectivity index (χ1n) is 7.64. The molecule has 1 aliphatic rings. The van der Waals surface area contributed by atoms with E-state index in [4.69, 9.17) is 5.26 Å². The second-order valence-electron chi connectivity index (χ2n) is 5.64. The lowest BCUT2D eigenvalue weighted by Crippen LogP contribution is -2.23. The van der Waals surface area contributed by atoms with Gasteiger partial charge in [-0.05, 0) is 41.6 Å². The van der Waals surface area contributed by atoms with E-state index in [9.17, 15) is 0 Å². The molecule has 0 aromatic heterocycles. The monoisotopic (exact) mass is 276 g/mol. The van der Waals surface area contributed by atoms with Gasteiger partial charge in [0.05, 0.1) is 6.07 Å². The molecule has 0 atom stereocenters. The maximum atomic E-state index is 8.64. The molecule has 0 saturated heterocycles. The summed E-state index contributed by atoms with van der Waals surface area (Å²) >= 11 is 0. The number of rotatable bonds is 4. The molecule has 2 heteroatoms. The minimum atomic E-state index is 0.668. The van der Waals surface area contributed by atoms with Gasteiger partial charge in [-0.2, -0.15) is 5.26 Å². The molecule has 2 nitrogen and oxygen atoms in total. The topological polar surface area (TPSA) is 27.0 Å². The highest BCUT2D eigenvalue weighted by atomic mass is 15.1. The predicted octanol–water partition coefficient (Wildman–Crippen LogP) is 4.36. The molecule has 106 valence electrons. The van der Waals surface area contributed by atoms with Gasteiger partial charge in [0, 0.05) is 19.5 Å². The van der Waals surface area contributed by atoms with Crippen LogP contribution in [-0.2, 0) is 13.1 Å². The molecule has 0 bridgehead atoms. The van der Waals surface area contributed by atoms with Crippen LogP contribution in [0.4, 0.5) is 0 Å². The van der Waals surface area contributed by atoms with Gasteiger partial charge in [0.25, 0.3) is 0 Å². The van der Waals surface area contributed by atoms with Gasteiger partial charge in [-0.3, -0.25) is 4.90 Å². The van der Waals surface area contributed by atoms with Gasteiger partial charge in [-0.1, -0.05) is 48.5 Å². The van der Waals surface area contributed by atoms with E-state index in [0.29, 0.717) is 6.42 Å². The molecule has 1 heterocycles. The molecular formula is C19H20N2. The lowest BCUT2D eigenvalue weighted by atomic mass is 9.97. The molecule has 0 aliphatic carbocycles. The van der Waals surface area contributed by atoms with E-state index in [1.165, 1.54) is 22.3 Å². The van der Waals surface area contributed by atoms with Crippen molar-refractivity contribution in [3.63, 3.8) is 0 Å². The Morgan fingerprint density at radius 1 is 0.857 bits per heavy atom. The van der Waals surface area contributed by atoms with Crippen molar-refractivity contribution < 1.29 is 0 Å². The van der Waals surface area contributed by atoms with Crippen LogP contribution < -0.4 is 0 Å². The van der Waals surface area contributed by atoms with Crippen molar-refractivity contribution in [1.82, 2.24) is 4.90 Å². The molecule has 2 aromatic rings. The van der Waals surface area contributed by atoms with Gasteiger partial charge in [0.2, 0.25) is 0 Å². The Morgan fingerprint density at radius 2 is 1.43 bits per heavy atom. The molecule has 1 aliphatic heterocycles. The summed E-state index contributed by atoms with van der Waals surface area (Å²) in [5, 5.41) is 8.64. The minimum Gasteiger partial charge on any atom is -0.295 e. The summed E-state index contributed by atoms with van der Waals surface area (Å²) < 4.78 is 0. The van der Waals surface area contributed by atoms with Crippen molar-refractivity contribution in [3.8, 4) is 17.2 Å². The van der Waals surface area contributed by atoms with Gasteiger partial charge < -0.3 is 0 Å². The lowest BCUT2D eigenvalue weighted by Gasteiger charge is -2.20. The summed E-state index contributed by atoms with van der Waals surface area (Å²) in [6.45, 7) is 3.05. The summed E-state index contributed by atoms with van der Waals surface area (Å²) in [5.74, 6) is 0. The third kappa shape index (κ3) is 3.15. The van der Waals surface area contributed by atoms with Crippen LogP contribution in [0.3, 0.4) is 0 Å². The van der Waals surface area contributed by atoms with Crippen LogP contribution in [0.2, 0.25) is 0 Å². The highest BCUT2D eigenvalue weighted by molar-refractivity contribution is 5.71. The number of hydrogen-bond donors (Lipinski definition) is 0. The maximum absolute atomic E-state index is 8.64. The lowest BCUT2D eigenvalue weighted by molar-refractivity contribution is 0.254. The highest BCUT2D eigenvalue weighted by Gasteiger charge is 2.18. The summed E-state index contributed by atoms with van der Waals surface area (Å²) in [6.07, 6.45) is 2.76. The Labute approximate surface area is 126 Å². The van der Waals surface area contributed by atoms with E-state index in [-0.39, 0.29) is 0 Å². The maximum Gasteiger partial charge on any atom is 0.0621 e. The highest BCUT2D eigenvalue weighted by Crippen LogP contribution is 2.32. The zero-order chi connectivity index (χ0) is 14.5. The Morgan fingerprint density at radius 3 is 2.00 bits per heavy atom. The number of nitrogens with zero attached hydrogens (tertiary/aromatic N) is 2. The van der Waals surface area contributed by atoms with E-state index >= 15 is 0 Å². The van der Waals surface area contributed by atoms with Gasteiger partial charge in [-0.25, -0.2) is 0 Å². The number of benzene rings is 2. The fourth-order valence-electron chi connectivity index (χ4n) is 3.08. The van der Waals surface area contributed by atoms with E-state index in [1.807, 2.05) is 0 Å². The van der Waals surface area contributed by atoms with E-state index in [2.05, 4.69) is 59.5 Å². The van der Waals surface area contributed by atoms with Crippen molar-refractivity contribution in [2.24, 2.45) is 0 Å². The quantitative estimate of drug-likeness (QED) is 0.776. The second kappa shape index (κ2) is 6.56. The van der Waals surface area contributed by atoms with Crippen molar-refractivity contribution in [3.05, 3.63) is 59.7 Å². The Bertz CT molecular complexity index is 607. The molecule has 0 N–H and O–H groups in total. The molecule has 0 fully saturated rings. The molecular weight excluding hydrogens is 256 g/mol. The Hall–Kier alpha value is -2.11. The smallest absolute Gasteiger partial charge is 0.0621 e. The molecule has 2 aromatic carbocycles. The summed E-state index contributed by atoms with van der Waals surface area (Å²) in [6, 6.07) is 19.7. The number of nitriles is 1. The molecule has 0 spiro atoms. The van der Waals surface area contributed by atoms with Gasteiger partial charge in [-0.15, -0.1) is 0 Å². The summed E-state index contributed by atoms with van der Waals surface area (Å²) in [4.78, 5) is 2.50. The molecule has 0 saturated carbocycles. The molecule has 3 rings (SSSR count). The average molecular weight is 276 g/mol. The van der Waals surface area contributed by atoms with Crippen molar-refractivity contribution >= 4 is 0 Å². The van der Waals surface area contributed by atoms with Crippen LogP contribution in [0.1, 0.15) is 30.4 Å². The zero-order valence-corrected chi connectivity index (χ0v) is 12.3. The zero-order valence-electron chi connectivity index (χ0n) is 12.3. The van der Waals surface area contributed by atoms with Gasteiger partial charge in [0.15, 0.2) is 0 Å². The SMILES string of the molecule is N#CCCCCN1Cc2ccccc2-c2ccccc2C1. The summed E-state index contributed by atoms with van der Waals surface area (Å²) in [5.41, 5.74) is 5.55. The van der Waals surface area contributed by atoms with Crippen LogP contribution in [0.5, 0.6) is 0 Å². The third-order valence-corrected chi connectivity index (χ3v) is 4.13. The fourth-order valence-corrected chi connectivity index (χ4v) is 3.08. The molecule has 0 unspecified atom stereocenters. The normalized spacial score (nSPS) is 13.9. The van der Waals surface area contributed by atoms with Gasteiger partial charge in [0.1, 0.15) is 0 Å². The Balaban J connectivity index is 1.85. The first-order chi connectivity index (χ1) is 10.4. The second-order valence-corrected chi connectivity index (χ2v) is 5.64. The largest absolute Gasteiger partial charge is 0.295 e.